The number of nitrogens with zero attached hydrogens (tertiary/aromatic N) is 2. The molecule has 0 fully saturated rings. The first-order valence-corrected chi connectivity index (χ1v) is 5.72. The van der Waals surface area contributed by atoms with Gasteiger partial charge in [-0.15, -0.1) is 0 Å². The molecule has 0 aromatic carbocycles. The topological polar surface area (TPSA) is 102 Å². The smallest absolute Gasteiger partial charge is 0.310 e. The lowest BCUT2D eigenvalue weighted by Gasteiger charge is -2.20. The number of halogens is 1. The van der Waals surface area contributed by atoms with E-state index in [2.05, 4.69) is 15.9 Å². The number of nitro groups is 1. The number of pyridine rings is 1. The van der Waals surface area contributed by atoms with Crippen molar-refractivity contribution in [1.29, 1.82) is 0 Å². The zero-order valence-corrected chi connectivity index (χ0v) is 11.3. The van der Waals surface area contributed by atoms with Crippen LogP contribution in [0.4, 0.5) is 5.69 Å². The maximum atomic E-state index is 11.7. The fourth-order valence-electron chi connectivity index (χ4n) is 1.30. The Morgan fingerprint density at radius 2 is 2.17 bits per heavy atom. The highest BCUT2D eigenvalue weighted by molar-refractivity contribution is 9.10. The molecule has 1 aromatic heterocycles. The van der Waals surface area contributed by atoms with E-state index in [1.807, 2.05) is 0 Å². The molecule has 0 saturated carbocycles. The number of rotatable bonds is 4. The van der Waals surface area contributed by atoms with Gasteiger partial charge in [0.05, 0.1) is 21.0 Å². The summed E-state index contributed by atoms with van der Waals surface area (Å²) in [6, 6.07) is 1.09. The highest BCUT2D eigenvalue weighted by Crippen LogP contribution is 2.20. The quantitative estimate of drug-likeness (QED) is 0.671. The molecule has 0 unspecified atom stereocenters. The Bertz CT molecular complexity index is 564. The molecule has 0 radical (unpaired) electrons. The van der Waals surface area contributed by atoms with Crippen LogP contribution in [0.5, 0.6) is 0 Å². The van der Waals surface area contributed by atoms with E-state index in [1.165, 1.54) is 13.8 Å². The van der Waals surface area contributed by atoms with Crippen molar-refractivity contribution in [3.8, 4) is 0 Å². The standard InChI is InChI=1S/C10H11BrN2O5/c1-10(2,9(15)16)5-12-4-6(13(17)18)3-7(11)8(12)14/h3-4H,5H2,1-2H3,(H,15,16). The third-order valence-electron chi connectivity index (χ3n) is 2.38. The molecule has 0 aliphatic heterocycles. The van der Waals surface area contributed by atoms with Crippen LogP contribution in [-0.2, 0) is 11.3 Å². The minimum atomic E-state index is -1.20. The molecule has 0 atom stereocenters. The summed E-state index contributed by atoms with van der Waals surface area (Å²) in [5, 5.41) is 19.6. The highest BCUT2D eigenvalue weighted by atomic mass is 79.9. The molecule has 98 valence electrons. The van der Waals surface area contributed by atoms with Crippen LogP contribution in [0.15, 0.2) is 21.5 Å². The molecule has 0 amide bonds. The third kappa shape index (κ3) is 2.95. The largest absolute Gasteiger partial charge is 0.481 e. The maximum Gasteiger partial charge on any atom is 0.310 e. The van der Waals surface area contributed by atoms with E-state index < -0.39 is 21.9 Å². The van der Waals surface area contributed by atoms with Crippen LogP contribution in [0.3, 0.4) is 0 Å². The lowest BCUT2D eigenvalue weighted by atomic mass is 9.94. The van der Waals surface area contributed by atoms with Crippen molar-refractivity contribution in [2.45, 2.75) is 20.4 Å². The molecule has 0 aliphatic rings. The van der Waals surface area contributed by atoms with E-state index in [-0.39, 0.29) is 16.7 Å². The van der Waals surface area contributed by atoms with E-state index in [0.29, 0.717) is 0 Å². The second-order valence-corrected chi connectivity index (χ2v) is 5.28. The van der Waals surface area contributed by atoms with Gasteiger partial charge >= 0.3 is 5.97 Å². The Kier molecular flexibility index (Phi) is 3.90. The van der Waals surface area contributed by atoms with Gasteiger partial charge in [-0.3, -0.25) is 19.7 Å². The molecular weight excluding hydrogens is 308 g/mol. The second-order valence-electron chi connectivity index (χ2n) is 4.43. The fraction of sp³-hybridized carbons (Fsp3) is 0.400. The summed E-state index contributed by atoms with van der Waals surface area (Å²) in [5.41, 5.74) is -1.98. The molecule has 18 heavy (non-hydrogen) atoms. The van der Waals surface area contributed by atoms with Crippen LogP contribution in [0.1, 0.15) is 13.8 Å². The van der Waals surface area contributed by atoms with Crippen LogP contribution < -0.4 is 5.56 Å². The molecule has 7 nitrogen and oxygen atoms in total. The van der Waals surface area contributed by atoms with Crippen molar-refractivity contribution < 1.29 is 14.8 Å². The van der Waals surface area contributed by atoms with Crippen molar-refractivity contribution in [3.63, 3.8) is 0 Å². The van der Waals surface area contributed by atoms with Crippen molar-refractivity contribution in [2.75, 3.05) is 0 Å². The summed E-state index contributed by atoms with van der Waals surface area (Å²) in [7, 11) is 0. The van der Waals surface area contributed by atoms with Crippen LogP contribution in [-0.4, -0.2) is 20.6 Å². The molecule has 1 N–H and O–H groups in total. The number of carboxylic acid groups (broad SMARTS) is 1. The number of carbonyl (C=O) groups is 1. The summed E-state index contributed by atoms with van der Waals surface area (Å²) >= 11 is 2.92. The Morgan fingerprint density at radius 1 is 1.61 bits per heavy atom. The summed E-state index contributed by atoms with van der Waals surface area (Å²) in [4.78, 5) is 32.7. The van der Waals surface area contributed by atoms with Gasteiger partial charge in [0, 0.05) is 12.6 Å². The van der Waals surface area contributed by atoms with Crippen molar-refractivity contribution in [1.82, 2.24) is 4.57 Å². The molecule has 1 heterocycles. The van der Waals surface area contributed by atoms with Crippen molar-refractivity contribution in [2.24, 2.45) is 5.41 Å². The van der Waals surface area contributed by atoms with Gasteiger partial charge in [-0.1, -0.05) is 0 Å². The lowest BCUT2D eigenvalue weighted by molar-refractivity contribution is -0.385. The number of hydrogen-bond donors (Lipinski definition) is 1. The number of hydrogen-bond acceptors (Lipinski definition) is 4. The van der Waals surface area contributed by atoms with E-state index in [0.717, 1.165) is 16.8 Å². The van der Waals surface area contributed by atoms with Crippen LogP contribution in [0.2, 0.25) is 0 Å². The Morgan fingerprint density at radius 3 is 2.61 bits per heavy atom. The summed E-state index contributed by atoms with van der Waals surface area (Å²) in [6.07, 6.45) is 1.04. The number of carboxylic acids is 1. The van der Waals surface area contributed by atoms with Gasteiger partial charge in [0.25, 0.3) is 11.2 Å². The summed E-state index contributed by atoms with van der Waals surface area (Å²) < 4.78 is 1.05. The first-order valence-electron chi connectivity index (χ1n) is 4.93. The number of aliphatic carboxylic acids is 1. The molecule has 0 saturated heterocycles. The summed E-state index contributed by atoms with van der Waals surface area (Å²) in [5.74, 6) is -1.09. The van der Waals surface area contributed by atoms with E-state index >= 15 is 0 Å². The van der Waals surface area contributed by atoms with Crippen LogP contribution >= 0.6 is 15.9 Å². The Labute approximate surface area is 110 Å². The average molecular weight is 319 g/mol. The van der Waals surface area contributed by atoms with E-state index in [9.17, 15) is 19.7 Å². The minimum Gasteiger partial charge on any atom is -0.481 e. The molecule has 0 bridgehead atoms. The van der Waals surface area contributed by atoms with Gasteiger partial charge in [0.2, 0.25) is 0 Å². The molecule has 0 aliphatic carbocycles. The highest BCUT2D eigenvalue weighted by Gasteiger charge is 2.29. The van der Waals surface area contributed by atoms with Gasteiger partial charge in [0.1, 0.15) is 0 Å². The Balaban J connectivity index is 3.29. The second kappa shape index (κ2) is 4.89. The third-order valence-corrected chi connectivity index (χ3v) is 2.95. The SMILES string of the molecule is CC(C)(Cn1cc([N+](=O)[O-])cc(Br)c1=O)C(=O)O. The normalized spacial score (nSPS) is 11.3. The zero-order chi connectivity index (χ0) is 14.1. The molecular formula is C10H11BrN2O5. The maximum absolute atomic E-state index is 11.7. The molecule has 8 heteroatoms. The van der Waals surface area contributed by atoms with Gasteiger partial charge in [0.15, 0.2) is 0 Å². The summed E-state index contributed by atoms with van der Waals surface area (Å²) in [6.45, 7) is 2.73. The first-order chi connectivity index (χ1) is 8.15. The predicted octanol–water partition coefficient (Wildman–Crippen LogP) is 1.63. The lowest BCUT2D eigenvalue weighted by Crippen LogP contribution is -2.34. The van der Waals surface area contributed by atoms with Gasteiger partial charge in [-0.25, -0.2) is 0 Å². The molecule has 1 rings (SSSR count). The zero-order valence-electron chi connectivity index (χ0n) is 9.71. The van der Waals surface area contributed by atoms with Gasteiger partial charge in [-0.2, -0.15) is 0 Å². The fourth-order valence-corrected chi connectivity index (χ4v) is 1.76. The Hall–Kier alpha value is -1.70. The van der Waals surface area contributed by atoms with Crippen molar-refractivity contribution in [3.05, 3.63) is 37.2 Å². The minimum absolute atomic E-state index is 0.0258. The monoisotopic (exact) mass is 318 g/mol. The van der Waals surface area contributed by atoms with Crippen LogP contribution in [0, 0.1) is 15.5 Å². The predicted molar refractivity (Wildman–Crippen MR) is 66.5 cm³/mol. The first kappa shape index (κ1) is 14.4. The molecule has 1 aromatic rings. The van der Waals surface area contributed by atoms with Crippen molar-refractivity contribution >= 4 is 27.6 Å². The van der Waals surface area contributed by atoms with Crippen LogP contribution in [0.25, 0.3) is 0 Å². The van der Waals surface area contributed by atoms with Gasteiger partial charge in [-0.05, 0) is 29.8 Å². The number of aromatic nitrogens is 1. The van der Waals surface area contributed by atoms with Gasteiger partial charge < -0.3 is 9.67 Å². The average Bonchev–Trinajstić information content (AvgIpc) is 2.23. The van der Waals surface area contributed by atoms with E-state index in [1.54, 1.807) is 0 Å². The molecule has 0 spiro atoms. The van der Waals surface area contributed by atoms with E-state index in [4.69, 9.17) is 5.11 Å².